The number of amides is 4. The first kappa shape index (κ1) is 40.0. The van der Waals surface area contributed by atoms with Gasteiger partial charge in [0.25, 0.3) is 0 Å². The molecule has 0 aliphatic heterocycles. The maximum Gasteiger partial charge on any atom is 0.407 e. The number of rotatable bonds is 15. The zero-order chi connectivity index (χ0) is 36.8. The van der Waals surface area contributed by atoms with Crippen molar-refractivity contribution in [2.24, 2.45) is 21.7 Å². The standard InChI is InChI=1S/C38H56N4O8/c1-35(2)18-30(42-34(46)50-27-37(5,6)25-48-32(44)40-21-29-16-12-9-13-17-29)19-38(7,22-35)23-41-33(45)49-26-36(3,4)24-47-31(43)39-20-28-14-10-8-11-15-28/h8-17,30H,18-27H2,1-7H3,(H,39,43)(H,40,44)(H,41,45)(H,42,46). The van der Waals surface area contributed by atoms with E-state index in [2.05, 4.69) is 42.0 Å². The van der Waals surface area contributed by atoms with Crippen molar-refractivity contribution in [2.75, 3.05) is 33.0 Å². The molecule has 4 N–H and O–H groups in total. The molecule has 0 spiro atoms. The van der Waals surface area contributed by atoms with Crippen LogP contribution < -0.4 is 21.3 Å². The highest BCUT2D eigenvalue weighted by atomic mass is 16.6. The maximum atomic E-state index is 12.8. The number of benzene rings is 2. The summed E-state index contributed by atoms with van der Waals surface area (Å²) in [4.78, 5) is 49.8. The molecule has 1 aliphatic rings. The lowest BCUT2D eigenvalue weighted by Gasteiger charge is -2.46. The van der Waals surface area contributed by atoms with Crippen molar-refractivity contribution in [3.05, 3.63) is 71.8 Å². The molecule has 0 aromatic heterocycles. The summed E-state index contributed by atoms with van der Waals surface area (Å²) in [7, 11) is 0. The van der Waals surface area contributed by atoms with Gasteiger partial charge >= 0.3 is 24.4 Å². The highest BCUT2D eigenvalue weighted by Gasteiger charge is 2.42. The normalized spacial score (nSPS) is 18.6. The van der Waals surface area contributed by atoms with Crippen LogP contribution in [0.3, 0.4) is 0 Å². The molecule has 4 amide bonds. The molecule has 276 valence electrons. The third-order valence-corrected chi connectivity index (χ3v) is 8.36. The highest BCUT2D eigenvalue weighted by Crippen LogP contribution is 2.45. The summed E-state index contributed by atoms with van der Waals surface area (Å²) in [6.45, 7) is 15.1. The smallest absolute Gasteiger partial charge is 0.407 e. The number of alkyl carbamates (subject to hydrolysis) is 4. The first-order valence-electron chi connectivity index (χ1n) is 17.2. The van der Waals surface area contributed by atoms with Crippen LogP contribution in [-0.4, -0.2) is 63.4 Å². The molecule has 2 atom stereocenters. The summed E-state index contributed by atoms with van der Waals surface area (Å²) in [5.41, 5.74) is 0.325. The van der Waals surface area contributed by atoms with E-state index in [-0.39, 0.29) is 43.3 Å². The topological polar surface area (TPSA) is 153 Å². The van der Waals surface area contributed by atoms with E-state index < -0.39 is 35.2 Å². The molecule has 1 aliphatic carbocycles. The Hall–Kier alpha value is -4.48. The monoisotopic (exact) mass is 696 g/mol. The zero-order valence-electron chi connectivity index (χ0n) is 30.7. The van der Waals surface area contributed by atoms with Gasteiger partial charge in [-0.2, -0.15) is 0 Å². The molecule has 12 nitrogen and oxygen atoms in total. The van der Waals surface area contributed by atoms with E-state index in [1.807, 2.05) is 88.4 Å². The van der Waals surface area contributed by atoms with E-state index in [4.69, 9.17) is 18.9 Å². The molecular weight excluding hydrogens is 640 g/mol. The van der Waals surface area contributed by atoms with E-state index in [0.717, 1.165) is 24.0 Å². The molecule has 0 saturated heterocycles. The van der Waals surface area contributed by atoms with Gasteiger partial charge in [0.05, 0.1) is 0 Å². The maximum absolute atomic E-state index is 12.8. The van der Waals surface area contributed by atoms with Crippen LogP contribution in [0.4, 0.5) is 19.2 Å². The Balaban J connectivity index is 1.36. The Morgan fingerprint density at radius 2 is 1.02 bits per heavy atom. The number of hydrogen-bond donors (Lipinski definition) is 4. The second-order valence-corrected chi connectivity index (χ2v) is 16.1. The first-order valence-corrected chi connectivity index (χ1v) is 17.2. The predicted octanol–water partition coefficient (Wildman–Crippen LogP) is 6.93. The highest BCUT2D eigenvalue weighted by molar-refractivity contribution is 5.69. The van der Waals surface area contributed by atoms with E-state index >= 15 is 0 Å². The van der Waals surface area contributed by atoms with E-state index in [1.165, 1.54) is 0 Å². The van der Waals surface area contributed by atoms with Crippen molar-refractivity contribution in [2.45, 2.75) is 86.9 Å². The van der Waals surface area contributed by atoms with E-state index in [0.29, 0.717) is 26.1 Å². The molecule has 3 rings (SSSR count). The van der Waals surface area contributed by atoms with Crippen LogP contribution >= 0.6 is 0 Å². The number of carbonyl (C=O) groups excluding carboxylic acids is 4. The van der Waals surface area contributed by atoms with Crippen LogP contribution in [0.5, 0.6) is 0 Å². The summed E-state index contributed by atoms with van der Waals surface area (Å²) < 4.78 is 21.8. The lowest BCUT2D eigenvalue weighted by atomic mass is 9.62. The fourth-order valence-electron chi connectivity index (χ4n) is 6.18. The van der Waals surface area contributed by atoms with Crippen LogP contribution in [0, 0.1) is 21.7 Å². The first-order chi connectivity index (χ1) is 23.4. The van der Waals surface area contributed by atoms with Crippen LogP contribution in [0.1, 0.15) is 78.9 Å². The van der Waals surface area contributed by atoms with Crippen molar-refractivity contribution >= 4 is 24.4 Å². The predicted molar refractivity (Wildman–Crippen MR) is 190 cm³/mol. The third kappa shape index (κ3) is 15.4. The number of carbonyl (C=O) groups is 4. The van der Waals surface area contributed by atoms with Crippen LogP contribution in [0.2, 0.25) is 0 Å². The second-order valence-electron chi connectivity index (χ2n) is 16.1. The largest absolute Gasteiger partial charge is 0.449 e. The fourth-order valence-corrected chi connectivity index (χ4v) is 6.18. The van der Waals surface area contributed by atoms with Crippen LogP contribution in [-0.2, 0) is 32.0 Å². The minimum Gasteiger partial charge on any atom is -0.449 e. The zero-order valence-corrected chi connectivity index (χ0v) is 30.7. The summed E-state index contributed by atoms with van der Waals surface area (Å²) >= 11 is 0. The number of nitrogens with one attached hydrogen (secondary N) is 4. The van der Waals surface area contributed by atoms with Gasteiger partial charge < -0.3 is 40.2 Å². The second kappa shape index (κ2) is 18.0. The lowest BCUT2D eigenvalue weighted by molar-refractivity contribution is 0.0332. The Morgan fingerprint density at radius 3 is 1.46 bits per heavy atom. The van der Waals surface area contributed by atoms with E-state index in [1.54, 1.807) is 0 Å². The SMILES string of the molecule is CC(C)(COC(=O)NCc1ccccc1)COC(=O)NCC1(C)CC(NC(=O)OCC(C)(C)COC(=O)NCc2ccccc2)CC(C)(C)C1. The van der Waals surface area contributed by atoms with Crippen molar-refractivity contribution < 1.29 is 38.1 Å². The molecule has 50 heavy (non-hydrogen) atoms. The Kier molecular flexibility index (Phi) is 14.4. The Morgan fingerprint density at radius 1 is 0.620 bits per heavy atom. The van der Waals surface area contributed by atoms with Gasteiger partial charge in [0.15, 0.2) is 0 Å². The number of hydrogen-bond acceptors (Lipinski definition) is 8. The van der Waals surface area contributed by atoms with Crippen molar-refractivity contribution in [3.63, 3.8) is 0 Å². The molecule has 2 unspecified atom stereocenters. The summed E-state index contributed by atoms with van der Waals surface area (Å²) in [6.07, 6.45) is 0.0516. The van der Waals surface area contributed by atoms with Gasteiger partial charge in [0.1, 0.15) is 26.4 Å². The molecule has 12 heteroatoms. The molecule has 2 aromatic rings. The average Bonchev–Trinajstić information content (AvgIpc) is 3.05. The Bertz CT molecular complexity index is 1400. The third-order valence-electron chi connectivity index (χ3n) is 8.36. The molecule has 0 heterocycles. The molecule has 0 radical (unpaired) electrons. The van der Waals surface area contributed by atoms with Crippen molar-refractivity contribution in [1.82, 2.24) is 21.3 Å². The quantitative estimate of drug-likeness (QED) is 0.146. The van der Waals surface area contributed by atoms with Crippen LogP contribution in [0.25, 0.3) is 0 Å². The van der Waals surface area contributed by atoms with E-state index in [9.17, 15) is 19.2 Å². The van der Waals surface area contributed by atoms with Gasteiger partial charge in [-0.15, -0.1) is 0 Å². The van der Waals surface area contributed by atoms with Gasteiger partial charge in [-0.25, -0.2) is 19.2 Å². The summed E-state index contributed by atoms with van der Waals surface area (Å²) in [5.74, 6) is 0. The van der Waals surface area contributed by atoms with Crippen molar-refractivity contribution in [3.8, 4) is 0 Å². The van der Waals surface area contributed by atoms with Crippen molar-refractivity contribution in [1.29, 1.82) is 0 Å². The minimum absolute atomic E-state index is 0.0583. The van der Waals surface area contributed by atoms with Gasteiger partial charge in [-0.05, 0) is 41.2 Å². The number of ether oxygens (including phenoxy) is 4. The minimum atomic E-state index is -0.596. The van der Waals surface area contributed by atoms with Gasteiger partial charge in [0, 0.05) is 36.5 Å². The molecule has 2 aromatic carbocycles. The van der Waals surface area contributed by atoms with Gasteiger partial charge in [-0.3, -0.25) is 0 Å². The average molecular weight is 697 g/mol. The molecule has 1 saturated carbocycles. The fraction of sp³-hybridized carbons (Fsp3) is 0.579. The summed E-state index contributed by atoms with van der Waals surface area (Å²) in [5, 5.41) is 11.3. The lowest BCUT2D eigenvalue weighted by Crippen LogP contribution is -2.50. The molecule has 0 bridgehead atoms. The van der Waals surface area contributed by atoms with Gasteiger partial charge in [0.2, 0.25) is 0 Å². The molecular formula is C38H56N4O8. The Labute approximate surface area is 296 Å². The van der Waals surface area contributed by atoms with Gasteiger partial charge in [-0.1, -0.05) is 109 Å². The van der Waals surface area contributed by atoms with Crippen LogP contribution in [0.15, 0.2) is 60.7 Å². The summed E-state index contributed by atoms with van der Waals surface area (Å²) in [6, 6.07) is 18.9. The molecule has 1 fully saturated rings.